The number of carbonyl (C=O) groups excluding carboxylic acids is 1. The Kier molecular flexibility index (Phi) is 4.85. The van der Waals surface area contributed by atoms with Crippen molar-refractivity contribution in [1.29, 1.82) is 0 Å². The molecule has 5 nitrogen and oxygen atoms in total. The Morgan fingerprint density at radius 3 is 2.81 bits per heavy atom. The molecule has 0 aliphatic rings. The molecular formula is C15H18ClN3O2. The fourth-order valence-electron chi connectivity index (χ4n) is 1.93. The number of amides is 1. The van der Waals surface area contributed by atoms with Crippen LogP contribution in [-0.2, 0) is 6.42 Å². The second kappa shape index (κ2) is 6.63. The van der Waals surface area contributed by atoms with Crippen molar-refractivity contribution >= 4 is 23.2 Å². The highest BCUT2D eigenvalue weighted by Crippen LogP contribution is 2.26. The average molecular weight is 308 g/mol. The van der Waals surface area contributed by atoms with Crippen LogP contribution < -0.4 is 10.1 Å². The first-order chi connectivity index (χ1) is 9.99. The van der Waals surface area contributed by atoms with Gasteiger partial charge in [0.25, 0.3) is 5.91 Å². The first-order valence-corrected chi connectivity index (χ1v) is 7.06. The summed E-state index contributed by atoms with van der Waals surface area (Å²) >= 11 is 6.09. The van der Waals surface area contributed by atoms with Crippen LogP contribution >= 0.6 is 11.6 Å². The zero-order chi connectivity index (χ0) is 15.4. The molecule has 1 aromatic carbocycles. The van der Waals surface area contributed by atoms with Crippen molar-refractivity contribution in [3.8, 4) is 5.75 Å². The van der Waals surface area contributed by atoms with E-state index in [9.17, 15) is 4.79 Å². The standard InChI is InChI=1S/C15H18ClN3O2/c1-9(2)6-10-7-14(19-18-10)15(20)17-13-5-4-11(21-3)8-12(13)16/h4-5,7-9H,6H2,1-3H3,(H,17,20)(H,18,19). The van der Waals surface area contributed by atoms with Crippen LogP contribution in [0.4, 0.5) is 5.69 Å². The zero-order valence-electron chi connectivity index (χ0n) is 12.2. The lowest BCUT2D eigenvalue weighted by Crippen LogP contribution is -2.12. The number of anilines is 1. The van der Waals surface area contributed by atoms with Gasteiger partial charge in [-0.05, 0) is 30.5 Å². The summed E-state index contributed by atoms with van der Waals surface area (Å²) in [4.78, 5) is 12.1. The van der Waals surface area contributed by atoms with E-state index < -0.39 is 0 Å². The van der Waals surface area contributed by atoms with Crippen molar-refractivity contribution in [3.63, 3.8) is 0 Å². The number of rotatable bonds is 5. The monoisotopic (exact) mass is 307 g/mol. The van der Waals surface area contributed by atoms with Crippen LogP contribution in [0.15, 0.2) is 24.3 Å². The average Bonchev–Trinajstić information content (AvgIpc) is 2.88. The molecule has 112 valence electrons. The van der Waals surface area contributed by atoms with E-state index in [-0.39, 0.29) is 5.91 Å². The number of hydrogen-bond acceptors (Lipinski definition) is 3. The number of aromatic nitrogens is 2. The fourth-order valence-corrected chi connectivity index (χ4v) is 2.15. The van der Waals surface area contributed by atoms with Crippen LogP contribution in [0.1, 0.15) is 30.0 Å². The number of benzene rings is 1. The van der Waals surface area contributed by atoms with Crippen molar-refractivity contribution in [2.75, 3.05) is 12.4 Å². The van der Waals surface area contributed by atoms with Gasteiger partial charge in [0, 0.05) is 11.8 Å². The minimum atomic E-state index is -0.298. The molecule has 0 saturated heterocycles. The van der Waals surface area contributed by atoms with Gasteiger partial charge in [-0.15, -0.1) is 0 Å². The molecule has 0 bridgehead atoms. The van der Waals surface area contributed by atoms with Crippen molar-refractivity contribution in [3.05, 3.63) is 40.7 Å². The number of nitrogens with one attached hydrogen (secondary N) is 2. The summed E-state index contributed by atoms with van der Waals surface area (Å²) in [6, 6.07) is 6.83. The second-order valence-electron chi connectivity index (χ2n) is 5.18. The molecule has 2 rings (SSSR count). The summed E-state index contributed by atoms with van der Waals surface area (Å²) in [5.74, 6) is 0.836. The molecule has 1 aromatic heterocycles. The van der Waals surface area contributed by atoms with Crippen molar-refractivity contribution in [2.24, 2.45) is 5.92 Å². The quantitative estimate of drug-likeness (QED) is 0.888. The minimum absolute atomic E-state index is 0.298. The third-order valence-corrected chi connectivity index (χ3v) is 3.23. The molecule has 1 amide bonds. The fraction of sp³-hybridized carbons (Fsp3) is 0.333. The Bertz CT molecular complexity index is 638. The molecule has 0 saturated carbocycles. The summed E-state index contributed by atoms with van der Waals surface area (Å²) < 4.78 is 5.07. The van der Waals surface area contributed by atoms with E-state index in [0.29, 0.717) is 28.1 Å². The summed E-state index contributed by atoms with van der Waals surface area (Å²) in [6.45, 7) is 4.22. The summed E-state index contributed by atoms with van der Waals surface area (Å²) in [6.07, 6.45) is 0.851. The van der Waals surface area contributed by atoms with Crippen LogP contribution in [0.25, 0.3) is 0 Å². The van der Waals surface area contributed by atoms with Gasteiger partial charge in [-0.2, -0.15) is 5.10 Å². The Hall–Kier alpha value is -2.01. The third-order valence-electron chi connectivity index (χ3n) is 2.92. The van der Waals surface area contributed by atoms with Gasteiger partial charge in [0.1, 0.15) is 5.75 Å². The predicted octanol–water partition coefficient (Wildman–Crippen LogP) is 3.52. The van der Waals surface area contributed by atoms with Crippen LogP contribution in [0, 0.1) is 5.92 Å². The maximum absolute atomic E-state index is 12.1. The third kappa shape index (κ3) is 3.98. The molecule has 0 spiro atoms. The molecule has 2 aromatic rings. The zero-order valence-corrected chi connectivity index (χ0v) is 13.0. The summed E-state index contributed by atoms with van der Waals surface area (Å²) in [5, 5.41) is 10.0. The van der Waals surface area contributed by atoms with E-state index in [1.807, 2.05) is 0 Å². The first kappa shape index (κ1) is 15.4. The van der Waals surface area contributed by atoms with E-state index in [2.05, 4.69) is 29.4 Å². The lowest BCUT2D eigenvalue weighted by Gasteiger charge is -2.07. The first-order valence-electron chi connectivity index (χ1n) is 6.68. The summed E-state index contributed by atoms with van der Waals surface area (Å²) in [5.41, 5.74) is 1.81. The lowest BCUT2D eigenvalue weighted by molar-refractivity contribution is 0.102. The van der Waals surface area contributed by atoms with Gasteiger partial charge in [-0.25, -0.2) is 0 Å². The van der Waals surface area contributed by atoms with Gasteiger partial charge in [0.2, 0.25) is 0 Å². The molecule has 0 unspecified atom stereocenters. The Labute approximate surface area is 128 Å². The molecule has 1 heterocycles. The van der Waals surface area contributed by atoms with E-state index in [1.54, 1.807) is 31.4 Å². The van der Waals surface area contributed by atoms with Gasteiger partial charge in [-0.3, -0.25) is 9.89 Å². The normalized spacial score (nSPS) is 10.7. The number of halogens is 1. The van der Waals surface area contributed by atoms with Gasteiger partial charge in [0.15, 0.2) is 5.69 Å². The topological polar surface area (TPSA) is 67.0 Å². The molecule has 6 heteroatoms. The molecule has 2 N–H and O–H groups in total. The van der Waals surface area contributed by atoms with Gasteiger partial charge < -0.3 is 10.1 Å². The predicted molar refractivity (Wildman–Crippen MR) is 83.1 cm³/mol. The molecule has 0 fully saturated rings. The highest BCUT2D eigenvalue weighted by molar-refractivity contribution is 6.34. The maximum atomic E-state index is 12.1. The number of nitrogens with zero attached hydrogens (tertiary/aromatic N) is 1. The lowest BCUT2D eigenvalue weighted by atomic mass is 10.1. The molecule has 0 radical (unpaired) electrons. The maximum Gasteiger partial charge on any atom is 0.276 e. The smallest absolute Gasteiger partial charge is 0.276 e. The highest BCUT2D eigenvalue weighted by atomic mass is 35.5. The number of hydrogen-bond donors (Lipinski definition) is 2. The van der Waals surface area contributed by atoms with Crippen LogP contribution in [0.5, 0.6) is 5.75 Å². The second-order valence-corrected chi connectivity index (χ2v) is 5.58. The number of aromatic amines is 1. The SMILES string of the molecule is COc1ccc(NC(=O)c2cc(CC(C)C)[nH]n2)c(Cl)c1. The van der Waals surface area contributed by atoms with Crippen LogP contribution in [-0.4, -0.2) is 23.2 Å². The number of H-pyrrole nitrogens is 1. The highest BCUT2D eigenvalue weighted by Gasteiger charge is 2.13. The van der Waals surface area contributed by atoms with Crippen LogP contribution in [0.3, 0.4) is 0 Å². The molecule has 0 aliphatic carbocycles. The number of methoxy groups -OCH3 is 1. The van der Waals surface area contributed by atoms with Crippen molar-refractivity contribution < 1.29 is 9.53 Å². The molecule has 21 heavy (non-hydrogen) atoms. The summed E-state index contributed by atoms with van der Waals surface area (Å²) in [7, 11) is 1.56. The van der Waals surface area contributed by atoms with Crippen molar-refractivity contribution in [1.82, 2.24) is 10.2 Å². The molecule has 0 aliphatic heterocycles. The van der Waals surface area contributed by atoms with Crippen molar-refractivity contribution in [2.45, 2.75) is 20.3 Å². The Morgan fingerprint density at radius 1 is 1.43 bits per heavy atom. The van der Waals surface area contributed by atoms with Gasteiger partial charge >= 0.3 is 0 Å². The molecule has 0 atom stereocenters. The number of carbonyl (C=O) groups is 1. The van der Waals surface area contributed by atoms with E-state index in [4.69, 9.17) is 16.3 Å². The van der Waals surface area contributed by atoms with Gasteiger partial charge in [-0.1, -0.05) is 25.4 Å². The van der Waals surface area contributed by atoms with Gasteiger partial charge in [0.05, 0.1) is 17.8 Å². The minimum Gasteiger partial charge on any atom is -0.497 e. The largest absolute Gasteiger partial charge is 0.497 e. The van der Waals surface area contributed by atoms with E-state index in [0.717, 1.165) is 12.1 Å². The number of ether oxygens (including phenoxy) is 1. The van der Waals surface area contributed by atoms with E-state index in [1.165, 1.54) is 0 Å². The van der Waals surface area contributed by atoms with E-state index >= 15 is 0 Å². The Morgan fingerprint density at radius 2 is 2.19 bits per heavy atom. The molecular weight excluding hydrogens is 290 g/mol. The van der Waals surface area contributed by atoms with Crippen LogP contribution in [0.2, 0.25) is 5.02 Å². The Balaban J connectivity index is 2.09.